The number of rotatable bonds is 5. The second kappa shape index (κ2) is 7.38. The Kier molecular flexibility index (Phi) is 5.84. The normalized spacial score (nSPS) is 11.7. The van der Waals surface area contributed by atoms with Crippen LogP contribution in [0.3, 0.4) is 0 Å². The summed E-state index contributed by atoms with van der Waals surface area (Å²) in [6.45, 7) is 3.52. The Morgan fingerprint density at radius 1 is 1.40 bits per heavy atom. The lowest BCUT2D eigenvalue weighted by atomic mass is 10.1. The molecule has 0 fully saturated rings. The van der Waals surface area contributed by atoms with Gasteiger partial charge in [0.05, 0.1) is 0 Å². The Balaban J connectivity index is 3.21. The minimum absolute atomic E-state index is 0.136. The summed E-state index contributed by atoms with van der Waals surface area (Å²) in [5.41, 5.74) is 2.22. The van der Waals surface area contributed by atoms with Crippen LogP contribution in [0.25, 0.3) is 5.70 Å². The highest BCUT2D eigenvalue weighted by Gasteiger charge is 2.10. The molecule has 0 aliphatic rings. The van der Waals surface area contributed by atoms with Crippen LogP contribution in [0, 0.1) is 0 Å². The Hall–Kier alpha value is -2.23. The maximum absolute atomic E-state index is 11.1. The molecule has 4 nitrogen and oxygen atoms in total. The Labute approximate surface area is 120 Å². The van der Waals surface area contributed by atoms with E-state index in [1.54, 1.807) is 18.2 Å². The van der Waals surface area contributed by atoms with Gasteiger partial charge in [-0.3, -0.25) is 4.79 Å². The molecule has 0 saturated heterocycles. The third-order valence-corrected chi connectivity index (χ3v) is 2.70. The summed E-state index contributed by atoms with van der Waals surface area (Å²) in [5.74, 6) is 0.0480. The van der Waals surface area contributed by atoms with Crippen molar-refractivity contribution in [1.82, 2.24) is 4.90 Å². The highest BCUT2D eigenvalue weighted by atomic mass is 16.3. The minimum Gasteiger partial charge on any atom is -0.507 e. The summed E-state index contributed by atoms with van der Waals surface area (Å²) in [4.78, 5) is 13.0. The molecule has 0 heterocycles. The second-order valence-corrected chi connectivity index (χ2v) is 4.70. The maximum Gasteiger partial charge on any atom is 0.221 e. The highest BCUT2D eigenvalue weighted by molar-refractivity contribution is 5.89. The van der Waals surface area contributed by atoms with Crippen molar-refractivity contribution in [1.29, 1.82) is 0 Å². The molecule has 0 aromatic heterocycles. The summed E-state index contributed by atoms with van der Waals surface area (Å²) in [5, 5.41) is 12.8. The molecule has 1 rings (SSSR count). The molecule has 0 saturated carbocycles. The van der Waals surface area contributed by atoms with E-state index in [4.69, 9.17) is 0 Å². The zero-order valence-electron chi connectivity index (χ0n) is 12.5. The Morgan fingerprint density at radius 2 is 2.10 bits per heavy atom. The predicted molar refractivity (Wildman–Crippen MR) is 83.5 cm³/mol. The van der Waals surface area contributed by atoms with E-state index < -0.39 is 0 Å². The summed E-state index contributed by atoms with van der Waals surface area (Å²) in [7, 11) is 3.83. The van der Waals surface area contributed by atoms with E-state index in [-0.39, 0.29) is 11.7 Å². The molecule has 0 spiro atoms. The van der Waals surface area contributed by atoms with Gasteiger partial charge in [-0.05, 0) is 30.7 Å². The van der Waals surface area contributed by atoms with Crippen LogP contribution in [0.1, 0.15) is 25.8 Å². The molecule has 2 N–H and O–H groups in total. The number of nitrogens with zero attached hydrogens (tertiary/aromatic N) is 1. The smallest absolute Gasteiger partial charge is 0.221 e. The molecule has 0 atom stereocenters. The molecule has 0 bridgehead atoms. The number of nitrogens with one attached hydrogen (secondary N) is 1. The quantitative estimate of drug-likeness (QED) is 0.640. The van der Waals surface area contributed by atoms with Crippen molar-refractivity contribution in [3.8, 4) is 5.75 Å². The largest absolute Gasteiger partial charge is 0.507 e. The number of phenols is 1. The van der Waals surface area contributed by atoms with Gasteiger partial charge in [0, 0.05) is 38.0 Å². The van der Waals surface area contributed by atoms with Gasteiger partial charge in [0.15, 0.2) is 0 Å². The molecule has 0 aliphatic carbocycles. The lowest BCUT2D eigenvalue weighted by Crippen LogP contribution is -2.11. The van der Waals surface area contributed by atoms with Gasteiger partial charge in [0.1, 0.15) is 5.75 Å². The fourth-order valence-electron chi connectivity index (χ4n) is 1.80. The van der Waals surface area contributed by atoms with Gasteiger partial charge in [-0.25, -0.2) is 0 Å². The van der Waals surface area contributed by atoms with Crippen molar-refractivity contribution in [2.45, 2.75) is 20.3 Å². The SMILES string of the molecule is CC/C=C\C=C(\c1cc(NC(C)=O)ccc1O)N(C)C. The third-order valence-electron chi connectivity index (χ3n) is 2.70. The van der Waals surface area contributed by atoms with Gasteiger partial charge in [-0.15, -0.1) is 0 Å². The minimum atomic E-state index is -0.136. The first kappa shape index (κ1) is 15.8. The molecule has 108 valence electrons. The third kappa shape index (κ3) is 4.46. The predicted octanol–water partition coefficient (Wildman–Crippen LogP) is 3.22. The van der Waals surface area contributed by atoms with Crippen LogP contribution in [0.5, 0.6) is 5.75 Å². The first-order chi connectivity index (χ1) is 9.45. The average Bonchev–Trinajstić information content (AvgIpc) is 2.36. The van der Waals surface area contributed by atoms with E-state index in [0.717, 1.165) is 12.1 Å². The van der Waals surface area contributed by atoms with Crippen molar-refractivity contribution in [2.24, 2.45) is 0 Å². The van der Waals surface area contributed by atoms with E-state index in [1.807, 2.05) is 37.2 Å². The molecule has 20 heavy (non-hydrogen) atoms. The summed E-state index contributed by atoms with van der Waals surface area (Å²) < 4.78 is 0. The van der Waals surface area contributed by atoms with Crippen molar-refractivity contribution < 1.29 is 9.90 Å². The summed E-state index contributed by atoms with van der Waals surface area (Å²) in [6, 6.07) is 5.03. The number of aromatic hydroxyl groups is 1. The van der Waals surface area contributed by atoms with Crippen LogP contribution >= 0.6 is 0 Å². The van der Waals surface area contributed by atoms with Crippen molar-refractivity contribution in [3.63, 3.8) is 0 Å². The highest BCUT2D eigenvalue weighted by Crippen LogP contribution is 2.29. The number of anilines is 1. The van der Waals surface area contributed by atoms with E-state index >= 15 is 0 Å². The van der Waals surface area contributed by atoms with Crippen molar-refractivity contribution in [2.75, 3.05) is 19.4 Å². The van der Waals surface area contributed by atoms with Gasteiger partial charge in [0.2, 0.25) is 5.91 Å². The number of phenolic OH excluding ortho intramolecular Hbond substituents is 1. The van der Waals surface area contributed by atoms with E-state index in [9.17, 15) is 9.90 Å². The summed E-state index contributed by atoms with van der Waals surface area (Å²) >= 11 is 0. The monoisotopic (exact) mass is 274 g/mol. The van der Waals surface area contributed by atoms with Crippen molar-refractivity contribution in [3.05, 3.63) is 42.0 Å². The number of hydrogen-bond donors (Lipinski definition) is 2. The lowest BCUT2D eigenvalue weighted by molar-refractivity contribution is -0.114. The number of amides is 1. The molecule has 1 amide bonds. The van der Waals surface area contributed by atoms with Crippen LogP contribution in [0.15, 0.2) is 36.4 Å². The van der Waals surface area contributed by atoms with Crippen LogP contribution in [0.2, 0.25) is 0 Å². The molecule has 1 aromatic rings. The Bertz CT molecular complexity index is 531. The van der Waals surface area contributed by atoms with Gasteiger partial charge >= 0.3 is 0 Å². The fraction of sp³-hybridized carbons (Fsp3) is 0.312. The second-order valence-electron chi connectivity index (χ2n) is 4.70. The zero-order chi connectivity index (χ0) is 15.1. The van der Waals surface area contributed by atoms with Gasteiger partial charge in [0.25, 0.3) is 0 Å². The average molecular weight is 274 g/mol. The zero-order valence-corrected chi connectivity index (χ0v) is 12.5. The van der Waals surface area contributed by atoms with Crippen LogP contribution in [-0.4, -0.2) is 30.0 Å². The molecule has 0 unspecified atom stereocenters. The number of hydrogen-bond acceptors (Lipinski definition) is 3. The van der Waals surface area contributed by atoms with Crippen LogP contribution < -0.4 is 5.32 Å². The lowest BCUT2D eigenvalue weighted by Gasteiger charge is -2.19. The molecule has 4 heteroatoms. The van der Waals surface area contributed by atoms with Crippen LogP contribution in [-0.2, 0) is 4.79 Å². The van der Waals surface area contributed by atoms with Gasteiger partial charge in [-0.1, -0.05) is 19.1 Å². The number of carbonyl (C=O) groups is 1. The number of carbonyl (C=O) groups excluding carboxylic acids is 1. The van der Waals surface area contributed by atoms with Gasteiger partial charge < -0.3 is 15.3 Å². The molecular formula is C16H22N2O2. The first-order valence-corrected chi connectivity index (χ1v) is 6.60. The topological polar surface area (TPSA) is 52.6 Å². The first-order valence-electron chi connectivity index (χ1n) is 6.60. The standard InChI is InChI=1S/C16H22N2O2/c1-5-6-7-8-15(18(3)4)14-11-13(17-12(2)19)9-10-16(14)20/h6-11,20H,5H2,1-4H3,(H,17,19)/b7-6-,15-8-. The Morgan fingerprint density at radius 3 is 2.65 bits per heavy atom. The van der Waals surface area contributed by atoms with Crippen molar-refractivity contribution >= 4 is 17.3 Å². The molecule has 0 aliphatic heterocycles. The van der Waals surface area contributed by atoms with E-state index in [1.165, 1.54) is 6.92 Å². The van der Waals surface area contributed by atoms with Gasteiger partial charge in [-0.2, -0.15) is 0 Å². The number of benzene rings is 1. The molecule has 1 aromatic carbocycles. The fourth-order valence-corrected chi connectivity index (χ4v) is 1.80. The molecule has 0 radical (unpaired) electrons. The van der Waals surface area contributed by atoms with E-state index in [2.05, 4.69) is 12.2 Å². The van der Waals surface area contributed by atoms with E-state index in [0.29, 0.717) is 11.3 Å². The van der Waals surface area contributed by atoms with Crippen LogP contribution in [0.4, 0.5) is 5.69 Å². The molecular weight excluding hydrogens is 252 g/mol. The summed E-state index contributed by atoms with van der Waals surface area (Å²) in [6.07, 6.45) is 6.89. The maximum atomic E-state index is 11.1. The number of allylic oxidation sites excluding steroid dienone is 3.